The minimum absolute atomic E-state index is 0.230. The number of nitrogens with zero attached hydrogens (tertiary/aromatic N) is 1. The Bertz CT molecular complexity index is 468. The molecule has 1 aromatic rings. The molecule has 1 aliphatic rings. The number of methoxy groups -OCH3 is 1. The lowest BCUT2D eigenvalue weighted by Crippen LogP contribution is -2.21. The fourth-order valence-electron chi connectivity index (χ4n) is 2.19. The van der Waals surface area contributed by atoms with Crippen molar-refractivity contribution in [2.75, 3.05) is 25.1 Å². The first kappa shape index (κ1) is 12.7. The molecule has 0 spiro atoms. The van der Waals surface area contributed by atoms with Crippen molar-refractivity contribution >= 4 is 17.5 Å². The van der Waals surface area contributed by atoms with Crippen LogP contribution >= 0.6 is 0 Å². The molecule has 0 bridgehead atoms. The third kappa shape index (κ3) is 2.57. The number of anilines is 1. The molecule has 18 heavy (non-hydrogen) atoms. The van der Waals surface area contributed by atoms with Gasteiger partial charge in [-0.1, -0.05) is 19.2 Å². The SMILES string of the molecule is C=Cc1cc(C(=C)OC)cc(N2CCC(O)C2)c1. The summed E-state index contributed by atoms with van der Waals surface area (Å²) in [5, 5.41) is 9.61. The lowest BCUT2D eigenvalue weighted by Gasteiger charge is -2.20. The molecule has 1 N–H and O–H groups in total. The second-order valence-electron chi connectivity index (χ2n) is 4.53. The Hall–Kier alpha value is -1.74. The van der Waals surface area contributed by atoms with Gasteiger partial charge in [0.1, 0.15) is 5.76 Å². The van der Waals surface area contributed by atoms with E-state index in [4.69, 9.17) is 4.74 Å². The van der Waals surface area contributed by atoms with Crippen LogP contribution in [0.2, 0.25) is 0 Å². The van der Waals surface area contributed by atoms with Gasteiger partial charge < -0.3 is 14.7 Å². The van der Waals surface area contributed by atoms with E-state index in [0.717, 1.165) is 29.8 Å². The number of hydrogen-bond donors (Lipinski definition) is 1. The van der Waals surface area contributed by atoms with E-state index in [1.54, 1.807) is 7.11 Å². The van der Waals surface area contributed by atoms with Crippen molar-refractivity contribution in [1.82, 2.24) is 0 Å². The molecule has 96 valence electrons. The fraction of sp³-hybridized carbons (Fsp3) is 0.333. The zero-order valence-electron chi connectivity index (χ0n) is 10.7. The van der Waals surface area contributed by atoms with Gasteiger partial charge >= 0.3 is 0 Å². The van der Waals surface area contributed by atoms with Crippen LogP contribution in [-0.4, -0.2) is 31.4 Å². The van der Waals surface area contributed by atoms with Crippen molar-refractivity contribution in [2.24, 2.45) is 0 Å². The highest BCUT2D eigenvalue weighted by Gasteiger charge is 2.21. The van der Waals surface area contributed by atoms with Gasteiger partial charge in [0.25, 0.3) is 0 Å². The number of aliphatic hydroxyl groups is 1. The average Bonchev–Trinajstić information content (AvgIpc) is 2.84. The first-order valence-electron chi connectivity index (χ1n) is 6.08. The molecule has 2 rings (SSSR count). The second-order valence-corrected chi connectivity index (χ2v) is 4.53. The largest absolute Gasteiger partial charge is 0.497 e. The van der Waals surface area contributed by atoms with E-state index < -0.39 is 0 Å². The normalized spacial score (nSPS) is 18.8. The number of hydrogen-bond acceptors (Lipinski definition) is 3. The maximum atomic E-state index is 9.61. The predicted octanol–water partition coefficient (Wildman–Crippen LogP) is 2.52. The molecular weight excluding hydrogens is 226 g/mol. The highest BCUT2D eigenvalue weighted by atomic mass is 16.5. The van der Waals surface area contributed by atoms with Crippen LogP contribution in [0.5, 0.6) is 0 Å². The summed E-state index contributed by atoms with van der Waals surface area (Å²) in [6.45, 7) is 9.23. The van der Waals surface area contributed by atoms with E-state index in [-0.39, 0.29) is 6.10 Å². The lowest BCUT2D eigenvalue weighted by molar-refractivity contribution is 0.198. The second kappa shape index (κ2) is 5.27. The van der Waals surface area contributed by atoms with Gasteiger partial charge in [-0.15, -0.1) is 0 Å². The van der Waals surface area contributed by atoms with E-state index >= 15 is 0 Å². The quantitative estimate of drug-likeness (QED) is 0.827. The molecule has 1 unspecified atom stereocenters. The lowest BCUT2D eigenvalue weighted by atomic mass is 10.1. The van der Waals surface area contributed by atoms with Crippen LogP contribution in [-0.2, 0) is 4.74 Å². The molecule has 1 fully saturated rings. The topological polar surface area (TPSA) is 32.7 Å². The molecule has 0 aromatic heterocycles. The number of β-amino-alcohol motifs (C(OH)–C–C–N with tert-alkyl or cyclic N) is 1. The third-order valence-corrected chi connectivity index (χ3v) is 3.27. The molecular formula is C15H19NO2. The van der Waals surface area contributed by atoms with Gasteiger partial charge in [-0.3, -0.25) is 0 Å². The van der Waals surface area contributed by atoms with Crippen LogP contribution in [0.25, 0.3) is 11.8 Å². The molecule has 3 nitrogen and oxygen atoms in total. The third-order valence-electron chi connectivity index (χ3n) is 3.27. The van der Waals surface area contributed by atoms with Crippen LogP contribution in [0.3, 0.4) is 0 Å². The molecule has 0 saturated carbocycles. The van der Waals surface area contributed by atoms with Crippen molar-refractivity contribution in [3.63, 3.8) is 0 Å². The molecule has 0 amide bonds. The monoisotopic (exact) mass is 245 g/mol. The summed E-state index contributed by atoms with van der Waals surface area (Å²) in [4.78, 5) is 2.17. The van der Waals surface area contributed by atoms with Gasteiger partial charge in [-0.2, -0.15) is 0 Å². The van der Waals surface area contributed by atoms with Crippen LogP contribution in [0.4, 0.5) is 5.69 Å². The van der Waals surface area contributed by atoms with Gasteiger partial charge in [0.15, 0.2) is 0 Å². The maximum absolute atomic E-state index is 9.61. The zero-order valence-corrected chi connectivity index (χ0v) is 10.7. The van der Waals surface area contributed by atoms with Gasteiger partial charge in [0, 0.05) is 24.3 Å². The Kier molecular flexibility index (Phi) is 3.72. The molecule has 1 heterocycles. The average molecular weight is 245 g/mol. The highest BCUT2D eigenvalue weighted by Crippen LogP contribution is 2.27. The van der Waals surface area contributed by atoms with Crippen molar-refractivity contribution in [1.29, 1.82) is 0 Å². The van der Waals surface area contributed by atoms with Crippen LogP contribution < -0.4 is 4.90 Å². The molecule has 1 aromatic carbocycles. The molecule has 1 atom stereocenters. The number of rotatable bonds is 4. The van der Waals surface area contributed by atoms with E-state index in [1.165, 1.54) is 0 Å². The van der Waals surface area contributed by atoms with E-state index in [1.807, 2.05) is 18.2 Å². The Balaban J connectivity index is 2.34. The summed E-state index contributed by atoms with van der Waals surface area (Å²) in [6.07, 6.45) is 2.40. The zero-order chi connectivity index (χ0) is 13.1. The summed E-state index contributed by atoms with van der Waals surface area (Å²) in [5.41, 5.74) is 3.06. The van der Waals surface area contributed by atoms with Crippen LogP contribution in [0.1, 0.15) is 17.5 Å². The smallest absolute Gasteiger partial charge is 0.119 e. The van der Waals surface area contributed by atoms with Crippen molar-refractivity contribution < 1.29 is 9.84 Å². The highest BCUT2D eigenvalue weighted by molar-refractivity contribution is 5.69. The van der Waals surface area contributed by atoms with Crippen molar-refractivity contribution in [2.45, 2.75) is 12.5 Å². The van der Waals surface area contributed by atoms with Crippen molar-refractivity contribution in [3.05, 3.63) is 42.5 Å². The minimum Gasteiger partial charge on any atom is -0.497 e. The van der Waals surface area contributed by atoms with Crippen molar-refractivity contribution in [3.8, 4) is 0 Å². The van der Waals surface area contributed by atoms with E-state index in [2.05, 4.69) is 24.1 Å². The molecule has 0 radical (unpaired) electrons. The summed E-state index contributed by atoms with van der Waals surface area (Å²) in [5.74, 6) is 0.639. The van der Waals surface area contributed by atoms with Gasteiger partial charge in [0.2, 0.25) is 0 Å². The van der Waals surface area contributed by atoms with E-state index in [9.17, 15) is 5.11 Å². The molecule has 3 heteroatoms. The standard InChI is InChI=1S/C15H19NO2/c1-4-12-7-13(11(2)18-3)9-14(8-12)16-6-5-15(17)10-16/h4,7-9,15,17H,1-2,5-6,10H2,3H3. The molecule has 1 aliphatic heterocycles. The van der Waals surface area contributed by atoms with Gasteiger partial charge in [-0.25, -0.2) is 0 Å². The first-order chi connectivity index (χ1) is 8.63. The summed E-state index contributed by atoms with van der Waals surface area (Å²) in [7, 11) is 1.61. The Labute approximate surface area is 108 Å². The number of aliphatic hydroxyl groups excluding tert-OH is 1. The Morgan fingerprint density at radius 2 is 2.28 bits per heavy atom. The summed E-state index contributed by atoms with van der Waals surface area (Å²) >= 11 is 0. The van der Waals surface area contributed by atoms with E-state index in [0.29, 0.717) is 12.3 Å². The Morgan fingerprint density at radius 3 is 2.83 bits per heavy atom. The van der Waals surface area contributed by atoms with Gasteiger partial charge in [-0.05, 0) is 30.2 Å². The Morgan fingerprint density at radius 1 is 1.50 bits per heavy atom. The molecule has 0 aliphatic carbocycles. The van der Waals surface area contributed by atoms with Gasteiger partial charge in [0.05, 0.1) is 13.2 Å². The number of benzene rings is 1. The number of ether oxygens (including phenoxy) is 1. The summed E-state index contributed by atoms with van der Waals surface area (Å²) < 4.78 is 5.18. The van der Waals surface area contributed by atoms with Crippen LogP contribution in [0, 0.1) is 0 Å². The molecule has 1 saturated heterocycles. The first-order valence-corrected chi connectivity index (χ1v) is 6.08. The predicted molar refractivity (Wildman–Crippen MR) is 75.4 cm³/mol. The maximum Gasteiger partial charge on any atom is 0.119 e. The van der Waals surface area contributed by atoms with Crippen LogP contribution in [0.15, 0.2) is 31.4 Å². The minimum atomic E-state index is -0.230. The summed E-state index contributed by atoms with van der Waals surface area (Å²) in [6, 6.07) is 6.10. The fourth-order valence-corrected chi connectivity index (χ4v) is 2.19.